The van der Waals surface area contributed by atoms with E-state index >= 15 is 0 Å². The standard InChI is InChI=1S/C23H33N3O/c1-3-18(2)21-11-7-8-12-22(21)25-23(27)24-20-13-15-26(16-14-20)17-19-9-5-4-6-10-19/h5,7-12,18,20H,3-4,6,13-17H2,1-2H3,(H2,24,25,27). The van der Waals surface area contributed by atoms with Gasteiger partial charge in [-0.3, -0.25) is 4.90 Å². The Morgan fingerprint density at radius 1 is 1.22 bits per heavy atom. The van der Waals surface area contributed by atoms with Gasteiger partial charge in [0.05, 0.1) is 0 Å². The molecule has 1 aromatic carbocycles. The van der Waals surface area contributed by atoms with E-state index in [1.807, 2.05) is 18.2 Å². The van der Waals surface area contributed by atoms with Crippen LogP contribution in [0.4, 0.5) is 10.5 Å². The van der Waals surface area contributed by atoms with Crippen LogP contribution in [0, 0.1) is 0 Å². The normalized spacial score (nSPS) is 19.4. The van der Waals surface area contributed by atoms with E-state index in [1.165, 1.54) is 24.0 Å². The Bertz CT molecular complexity index is 687. The quantitative estimate of drug-likeness (QED) is 0.738. The first-order valence-corrected chi connectivity index (χ1v) is 10.4. The van der Waals surface area contributed by atoms with E-state index in [0.29, 0.717) is 5.92 Å². The van der Waals surface area contributed by atoms with Gasteiger partial charge >= 0.3 is 6.03 Å². The molecule has 0 spiro atoms. The van der Waals surface area contributed by atoms with Gasteiger partial charge in [-0.15, -0.1) is 0 Å². The summed E-state index contributed by atoms with van der Waals surface area (Å²) < 4.78 is 0. The molecule has 2 aliphatic rings. The zero-order valence-corrected chi connectivity index (χ0v) is 16.7. The predicted molar refractivity (Wildman–Crippen MR) is 113 cm³/mol. The Labute approximate surface area is 163 Å². The number of hydrogen-bond acceptors (Lipinski definition) is 2. The lowest BCUT2D eigenvalue weighted by molar-refractivity contribution is 0.207. The summed E-state index contributed by atoms with van der Waals surface area (Å²) in [4.78, 5) is 15.0. The van der Waals surface area contributed by atoms with Crippen LogP contribution in [0.5, 0.6) is 0 Å². The molecule has 3 rings (SSSR count). The maximum absolute atomic E-state index is 12.5. The number of nitrogens with one attached hydrogen (secondary N) is 2. The molecular formula is C23H33N3O. The number of benzene rings is 1. The largest absolute Gasteiger partial charge is 0.335 e. The number of allylic oxidation sites excluding steroid dienone is 2. The van der Waals surface area contributed by atoms with E-state index in [-0.39, 0.29) is 12.1 Å². The van der Waals surface area contributed by atoms with Crippen LogP contribution in [0.2, 0.25) is 0 Å². The van der Waals surface area contributed by atoms with Crippen molar-refractivity contribution in [1.29, 1.82) is 0 Å². The van der Waals surface area contributed by atoms with Crippen molar-refractivity contribution in [2.75, 3.05) is 25.0 Å². The van der Waals surface area contributed by atoms with E-state index in [4.69, 9.17) is 0 Å². The summed E-state index contributed by atoms with van der Waals surface area (Å²) in [5.41, 5.74) is 3.57. The van der Waals surface area contributed by atoms with Crippen molar-refractivity contribution in [3.05, 3.63) is 53.6 Å². The van der Waals surface area contributed by atoms with E-state index in [0.717, 1.165) is 44.6 Å². The molecule has 2 N–H and O–H groups in total. The summed E-state index contributed by atoms with van der Waals surface area (Å²) in [5.74, 6) is 0.438. The molecule has 146 valence electrons. The van der Waals surface area contributed by atoms with Crippen molar-refractivity contribution in [1.82, 2.24) is 10.2 Å². The van der Waals surface area contributed by atoms with Gasteiger partial charge in [0.2, 0.25) is 0 Å². The smallest absolute Gasteiger partial charge is 0.319 e. The number of nitrogens with zero attached hydrogens (tertiary/aromatic N) is 1. The van der Waals surface area contributed by atoms with Crippen molar-refractivity contribution in [3.8, 4) is 0 Å². The fourth-order valence-corrected chi connectivity index (χ4v) is 3.88. The van der Waals surface area contributed by atoms with Gasteiger partial charge in [0.25, 0.3) is 0 Å². The van der Waals surface area contributed by atoms with Crippen LogP contribution in [-0.4, -0.2) is 36.6 Å². The van der Waals surface area contributed by atoms with Crippen molar-refractivity contribution in [2.24, 2.45) is 0 Å². The van der Waals surface area contributed by atoms with E-state index in [1.54, 1.807) is 0 Å². The predicted octanol–water partition coefficient (Wildman–Crippen LogP) is 5.06. The highest BCUT2D eigenvalue weighted by Gasteiger charge is 2.21. The van der Waals surface area contributed by atoms with Gasteiger partial charge in [-0.05, 0) is 55.2 Å². The molecule has 0 saturated carbocycles. The molecule has 1 unspecified atom stereocenters. The summed E-state index contributed by atoms with van der Waals surface area (Å²) >= 11 is 0. The number of amides is 2. The lowest BCUT2D eigenvalue weighted by Gasteiger charge is -2.33. The minimum atomic E-state index is -0.0814. The van der Waals surface area contributed by atoms with Gasteiger partial charge in [0.1, 0.15) is 0 Å². The Hall–Kier alpha value is -2.07. The Balaban J connectivity index is 1.46. The number of carbonyl (C=O) groups is 1. The topological polar surface area (TPSA) is 44.4 Å². The van der Waals surface area contributed by atoms with Gasteiger partial charge in [0, 0.05) is 31.4 Å². The summed E-state index contributed by atoms with van der Waals surface area (Å²) in [6, 6.07) is 8.30. The first-order chi connectivity index (χ1) is 13.2. The van der Waals surface area contributed by atoms with Crippen LogP contribution >= 0.6 is 0 Å². The molecule has 4 heteroatoms. The molecule has 0 bridgehead atoms. The molecule has 1 heterocycles. The number of likely N-dealkylation sites (tertiary alicyclic amines) is 1. The van der Waals surface area contributed by atoms with Crippen LogP contribution in [0.3, 0.4) is 0 Å². The summed E-state index contributed by atoms with van der Waals surface area (Å²) in [5, 5.41) is 6.24. The van der Waals surface area contributed by atoms with Gasteiger partial charge in [-0.2, -0.15) is 0 Å². The summed E-state index contributed by atoms with van der Waals surface area (Å²) in [6.45, 7) is 7.50. The molecule has 0 radical (unpaired) electrons. The third-order valence-corrected chi connectivity index (χ3v) is 5.75. The zero-order chi connectivity index (χ0) is 19.1. The van der Waals surface area contributed by atoms with Gasteiger partial charge in [-0.1, -0.05) is 50.3 Å². The fourth-order valence-electron chi connectivity index (χ4n) is 3.88. The maximum Gasteiger partial charge on any atom is 0.319 e. The SMILES string of the molecule is CCC(C)c1ccccc1NC(=O)NC1CCN(CC2=CCCC=C2)CC1. The van der Waals surface area contributed by atoms with Gasteiger partial charge in [-0.25, -0.2) is 4.79 Å². The third-order valence-electron chi connectivity index (χ3n) is 5.75. The Morgan fingerprint density at radius 2 is 2.00 bits per heavy atom. The average molecular weight is 368 g/mol. The minimum absolute atomic E-state index is 0.0814. The zero-order valence-electron chi connectivity index (χ0n) is 16.7. The molecule has 1 aliphatic heterocycles. The number of rotatable bonds is 6. The van der Waals surface area contributed by atoms with Crippen LogP contribution in [-0.2, 0) is 0 Å². The van der Waals surface area contributed by atoms with E-state index in [9.17, 15) is 4.79 Å². The first kappa shape index (κ1) is 19.7. The highest BCUT2D eigenvalue weighted by atomic mass is 16.2. The number of hydrogen-bond donors (Lipinski definition) is 2. The Morgan fingerprint density at radius 3 is 2.70 bits per heavy atom. The second kappa shape index (κ2) is 9.75. The highest BCUT2D eigenvalue weighted by Crippen LogP contribution is 2.26. The molecule has 1 aromatic rings. The average Bonchev–Trinajstić information content (AvgIpc) is 2.70. The molecule has 4 nitrogen and oxygen atoms in total. The number of urea groups is 1. The van der Waals surface area contributed by atoms with Crippen LogP contribution in [0.15, 0.2) is 48.1 Å². The van der Waals surface area contributed by atoms with Gasteiger partial charge < -0.3 is 10.6 Å². The lowest BCUT2D eigenvalue weighted by Crippen LogP contribution is -2.46. The molecule has 1 saturated heterocycles. The van der Waals surface area contributed by atoms with Crippen molar-refractivity contribution >= 4 is 11.7 Å². The maximum atomic E-state index is 12.5. The molecule has 1 fully saturated rings. The van der Waals surface area contributed by atoms with Gasteiger partial charge in [0.15, 0.2) is 0 Å². The molecule has 1 aliphatic carbocycles. The molecule has 1 atom stereocenters. The second-order valence-electron chi connectivity index (χ2n) is 7.80. The van der Waals surface area contributed by atoms with Crippen LogP contribution in [0.1, 0.15) is 57.4 Å². The Kier molecular flexibility index (Phi) is 7.11. The highest BCUT2D eigenvalue weighted by molar-refractivity contribution is 5.90. The van der Waals surface area contributed by atoms with E-state index in [2.05, 4.69) is 53.7 Å². The van der Waals surface area contributed by atoms with Crippen LogP contribution < -0.4 is 10.6 Å². The van der Waals surface area contributed by atoms with Crippen molar-refractivity contribution in [3.63, 3.8) is 0 Å². The van der Waals surface area contributed by atoms with Crippen molar-refractivity contribution < 1.29 is 4.79 Å². The number of piperidine rings is 1. The second-order valence-corrected chi connectivity index (χ2v) is 7.80. The fraction of sp³-hybridized carbons (Fsp3) is 0.522. The van der Waals surface area contributed by atoms with E-state index < -0.39 is 0 Å². The summed E-state index contributed by atoms with van der Waals surface area (Å²) in [7, 11) is 0. The number of para-hydroxylation sites is 1. The molecule has 2 amide bonds. The first-order valence-electron chi connectivity index (χ1n) is 10.4. The number of anilines is 1. The third kappa shape index (κ3) is 5.70. The van der Waals surface area contributed by atoms with Crippen LogP contribution in [0.25, 0.3) is 0 Å². The molecular weight excluding hydrogens is 334 g/mol. The number of carbonyl (C=O) groups excluding carboxylic acids is 1. The van der Waals surface area contributed by atoms with Crippen molar-refractivity contribution in [2.45, 2.75) is 57.9 Å². The molecule has 27 heavy (non-hydrogen) atoms. The monoisotopic (exact) mass is 367 g/mol. The summed E-state index contributed by atoms with van der Waals surface area (Å²) in [6.07, 6.45) is 12.3. The molecule has 0 aromatic heterocycles. The lowest BCUT2D eigenvalue weighted by atomic mass is 9.97. The minimum Gasteiger partial charge on any atom is -0.335 e.